The highest BCUT2D eigenvalue weighted by molar-refractivity contribution is 5.73. The third kappa shape index (κ3) is 2.45. The molecule has 3 atom stereocenters. The summed E-state index contributed by atoms with van der Waals surface area (Å²) in [5.74, 6) is -0.313. The number of nitrogens with two attached hydrogens (primary N) is 1. The van der Waals surface area contributed by atoms with Crippen molar-refractivity contribution in [3.8, 4) is 0 Å². The van der Waals surface area contributed by atoms with Crippen molar-refractivity contribution < 1.29 is 9.90 Å². The van der Waals surface area contributed by atoms with E-state index in [1.165, 1.54) is 0 Å². The van der Waals surface area contributed by atoms with Gasteiger partial charge in [-0.3, -0.25) is 9.69 Å². The fraction of sp³-hybridized carbons (Fsp3) is 0.900. The van der Waals surface area contributed by atoms with Gasteiger partial charge in [0.2, 0.25) is 0 Å². The Kier molecular flexibility index (Phi) is 3.89. The lowest BCUT2D eigenvalue weighted by atomic mass is 9.93. The number of aliphatic carboxylic acids is 1. The predicted octanol–water partition coefficient (Wildman–Crippen LogP) is 0.519. The Labute approximate surface area is 85.1 Å². The van der Waals surface area contributed by atoms with Crippen molar-refractivity contribution in [1.82, 2.24) is 4.90 Å². The van der Waals surface area contributed by atoms with Crippen molar-refractivity contribution in [2.45, 2.75) is 38.8 Å². The minimum Gasteiger partial charge on any atom is -0.480 e. The molecule has 0 aromatic heterocycles. The normalized spacial score (nSPS) is 31.4. The second-order valence-corrected chi connectivity index (χ2v) is 4.19. The highest BCUT2D eigenvalue weighted by Gasteiger charge is 2.30. The zero-order valence-corrected chi connectivity index (χ0v) is 8.94. The van der Waals surface area contributed by atoms with Gasteiger partial charge in [0.05, 0.1) is 0 Å². The van der Waals surface area contributed by atoms with Crippen molar-refractivity contribution in [2.24, 2.45) is 11.7 Å². The molecule has 14 heavy (non-hydrogen) atoms. The molecule has 3 unspecified atom stereocenters. The smallest absolute Gasteiger partial charge is 0.320 e. The Bertz CT molecular complexity index is 208. The van der Waals surface area contributed by atoms with Crippen LogP contribution in [0.4, 0.5) is 0 Å². The molecule has 1 fully saturated rings. The van der Waals surface area contributed by atoms with Gasteiger partial charge in [0.15, 0.2) is 0 Å². The molecule has 1 aliphatic rings. The van der Waals surface area contributed by atoms with E-state index in [2.05, 4.69) is 6.92 Å². The third-order valence-corrected chi connectivity index (χ3v) is 3.12. The van der Waals surface area contributed by atoms with Gasteiger partial charge >= 0.3 is 5.97 Å². The summed E-state index contributed by atoms with van der Waals surface area (Å²) in [4.78, 5) is 13.0. The molecule has 82 valence electrons. The zero-order chi connectivity index (χ0) is 10.7. The van der Waals surface area contributed by atoms with Crippen molar-refractivity contribution in [3.63, 3.8) is 0 Å². The largest absolute Gasteiger partial charge is 0.480 e. The first-order chi connectivity index (χ1) is 6.56. The van der Waals surface area contributed by atoms with E-state index >= 15 is 0 Å². The van der Waals surface area contributed by atoms with Gasteiger partial charge in [-0.05, 0) is 18.8 Å². The SMILES string of the molecule is CCC(C(=O)O)N1CCC(N)C(C)C1. The molecule has 0 amide bonds. The molecule has 0 bridgehead atoms. The highest BCUT2D eigenvalue weighted by Crippen LogP contribution is 2.18. The number of carboxylic acids is 1. The van der Waals surface area contributed by atoms with E-state index in [-0.39, 0.29) is 12.1 Å². The average molecular weight is 200 g/mol. The average Bonchev–Trinajstić information content (AvgIpc) is 2.11. The van der Waals surface area contributed by atoms with Gasteiger partial charge in [-0.25, -0.2) is 0 Å². The van der Waals surface area contributed by atoms with Crippen molar-refractivity contribution >= 4 is 5.97 Å². The van der Waals surface area contributed by atoms with Crippen molar-refractivity contribution in [1.29, 1.82) is 0 Å². The van der Waals surface area contributed by atoms with E-state index in [1.807, 2.05) is 11.8 Å². The van der Waals surface area contributed by atoms with Gasteiger partial charge in [-0.1, -0.05) is 13.8 Å². The van der Waals surface area contributed by atoms with E-state index in [1.54, 1.807) is 0 Å². The number of hydrogen-bond donors (Lipinski definition) is 2. The predicted molar refractivity (Wildman–Crippen MR) is 55.0 cm³/mol. The van der Waals surface area contributed by atoms with Crippen LogP contribution in [-0.4, -0.2) is 41.1 Å². The van der Waals surface area contributed by atoms with Crippen LogP contribution in [0, 0.1) is 5.92 Å². The van der Waals surface area contributed by atoms with E-state index in [0.717, 1.165) is 19.5 Å². The lowest BCUT2D eigenvalue weighted by Crippen LogP contribution is -2.51. The van der Waals surface area contributed by atoms with Gasteiger partial charge in [0.25, 0.3) is 0 Å². The lowest BCUT2D eigenvalue weighted by molar-refractivity contribution is -0.144. The summed E-state index contributed by atoms with van der Waals surface area (Å²) in [6.07, 6.45) is 1.57. The molecule has 0 aliphatic carbocycles. The number of likely N-dealkylation sites (tertiary alicyclic amines) is 1. The number of carbonyl (C=O) groups is 1. The number of piperidine rings is 1. The Morgan fingerprint density at radius 2 is 2.36 bits per heavy atom. The Morgan fingerprint density at radius 1 is 1.71 bits per heavy atom. The van der Waals surface area contributed by atoms with Gasteiger partial charge in [0.1, 0.15) is 6.04 Å². The molecule has 1 heterocycles. The maximum Gasteiger partial charge on any atom is 0.320 e. The second kappa shape index (κ2) is 4.75. The van der Waals surface area contributed by atoms with Crippen LogP contribution in [0.3, 0.4) is 0 Å². The van der Waals surface area contributed by atoms with Crippen LogP contribution in [0.25, 0.3) is 0 Å². The van der Waals surface area contributed by atoms with Gasteiger partial charge < -0.3 is 10.8 Å². The summed E-state index contributed by atoms with van der Waals surface area (Å²) in [7, 11) is 0. The molecule has 0 aromatic rings. The fourth-order valence-corrected chi connectivity index (χ4v) is 2.07. The number of rotatable bonds is 3. The minimum absolute atomic E-state index is 0.234. The number of nitrogens with zero attached hydrogens (tertiary/aromatic N) is 1. The Morgan fingerprint density at radius 3 is 2.79 bits per heavy atom. The van der Waals surface area contributed by atoms with E-state index in [4.69, 9.17) is 10.8 Å². The molecular formula is C10H20N2O2. The summed E-state index contributed by atoms with van der Waals surface area (Å²) in [6.45, 7) is 5.63. The van der Waals surface area contributed by atoms with Crippen LogP contribution in [0.2, 0.25) is 0 Å². The Hall–Kier alpha value is -0.610. The molecular weight excluding hydrogens is 180 g/mol. The fourth-order valence-electron chi connectivity index (χ4n) is 2.07. The van der Waals surface area contributed by atoms with Crippen LogP contribution in [0.15, 0.2) is 0 Å². The number of hydrogen-bond acceptors (Lipinski definition) is 3. The molecule has 0 radical (unpaired) electrons. The first-order valence-corrected chi connectivity index (χ1v) is 5.28. The maximum absolute atomic E-state index is 10.9. The standard InChI is InChI=1S/C10H20N2O2/c1-3-9(10(13)14)12-5-4-8(11)7(2)6-12/h7-9H,3-6,11H2,1-2H3,(H,13,14). The maximum atomic E-state index is 10.9. The first kappa shape index (κ1) is 11.5. The summed E-state index contributed by atoms with van der Waals surface area (Å²) in [6, 6.07) is -0.0949. The van der Waals surface area contributed by atoms with Crippen LogP contribution in [0.5, 0.6) is 0 Å². The van der Waals surface area contributed by atoms with Crippen molar-refractivity contribution in [3.05, 3.63) is 0 Å². The van der Waals surface area contributed by atoms with E-state index < -0.39 is 5.97 Å². The molecule has 0 aromatic carbocycles. The zero-order valence-electron chi connectivity index (χ0n) is 8.94. The molecule has 0 spiro atoms. The highest BCUT2D eigenvalue weighted by atomic mass is 16.4. The summed E-state index contributed by atoms with van der Waals surface area (Å²) < 4.78 is 0. The molecule has 0 saturated carbocycles. The summed E-state index contributed by atoms with van der Waals surface area (Å²) in [5.41, 5.74) is 5.88. The Balaban J connectivity index is 2.56. The lowest BCUT2D eigenvalue weighted by Gasteiger charge is -2.38. The van der Waals surface area contributed by atoms with E-state index in [9.17, 15) is 4.79 Å². The molecule has 4 heteroatoms. The first-order valence-electron chi connectivity index (χ1n) is 5.28. The molecule has 1 rings (SSSR count). The van der Waals surface area contributed by atoms with Crippen LogP contribution in [-0.2, 0) is 4.79 Å². The third-order valence-electron chi connectivity index (χ3n) is 3.12. The summed E-state index contributed by atoms with van der Waals surface area (Å²) in [5, 5.41) is 9.00. The van der Waals surface area contributed by atoms with Crippen molar-refractivity contribution in [2.75, 3.05) is 13.1 Å². The quantitative estimate of drug-likeness (QED) is 0.697. The summed E-state index contributed by atoms with van der Waals surface area (Å²) >= 11 is 0. The molecule has 1 aliphatic heterocycles. The van der Waals surface area contributed by atoms with Gasteiger partial charge in [-0.15, -0.1) is 0 Å². The molecule has 4 nitrogen and oxygen atoms in total. The second-order valence-electron chi connectivity index (χ2n) is 4.19. The minimum atomic E-state index is -0.713. The van der Waals surface area contributed by atoms with Gasteiger partial charge in [0, 0.05) is 19.1 Å². The van der Waals surface area contributed by atoms with Crippen LogP contribution in [0.1, 0.15) is 26.7 Å². The molecule has 3 N–H and O–H groups in total. The van der Waals surface area contributed by atoms with Crippen LogP contribution >= 0.6 is 0 Å². The van der Waals surface area contributed by atoms with E-state index in [0.29, 0.717) is 12.3 Å². The van der Waals surface area contributed by atoms with Gasteiger partial charge in [-0.2, -0.15) is 0 Å². The topological polar surface area (TPSA) is 66.6 Å². The van der Waals surface area contributed by atoms with Crippen LogP contribution < -0.4 is 5.73 Å². The molecule has 1 saturated heterocycles. The number of carboxylic acid groups (broad SMARTS) is 1. The monoisotopic (exact) mass is 200 g/mol.